The second kappa shape index (κ2) is 11.7. The summed E-state index contributed by atoms with van der Waals surface area (Å²) in [7, 11) is 0. The van der Waals surface area contributed by atoms with Gasteiger partial charge in [0.2, 0.25) is 5.91 Å². The number of hydrogen-bond donors (Lipinski definition) is 3. The van der Waals surface area contributed by atoms with Gasteiger partial charge in [0, 0.05) is 12.5 Å². The van der Waals surface area contributed by atoms with Gasteiger partial charge in [0.1, 0.15) is 12.6 Å². The summed E-state index contributed by atoms with van der Waals surface area (Å²) in [5.74, 6) is -1.96. The van der Waals surface area contributed by atoms with Crippen LogP contribution in [0.1, 0.15) is 36.0 Å². The van der Waals surface area contributed by atoms with E-state index < -0.39 is 36.0 Å². The maximum Gasteiger partial charge on any atom is 0.407 e. The Balaban J connectivity index is 1.23. The number of aliphatic carboxylic acids is 1. The van der Waals surface area contributed by atoms with Crippen molar-refractivity contribution in [2.75, 3.05) is 13.2 Å². The lowest BCUT2D eigenvalue weighted by Gasteiger charge is -2.25. The van der Waals surface area contributed by atoms with Gasteiger partial charge in [-0.2, -0.15) is 0 Å². The minimum atomic E-state index is -1.02. The molecule has 2 aliphatic carbocycles. The molecule has 0 bridgehead atoms. The second-order valence-electron chi connectivity index (χ2n) is 10.1. The predicted molar refractivity (Wildman–Crippen MR) is 145 cm³/mol. The minimum Gasteiger partial charge on any atom is -0.481 e. The number of nitrogens with one attached hydrogen (secondary N) is 2. The first-order valence-electron chi connectivity index (χ1n) is 13.2. The van der Waals surface area contributed by atoms with E-state index in [9.17, 15) is 14.4 Å². The molecule has 2 aliphatic rings. The van der Waals surface area contributed by atoms with E-state index in [-0.39, 0.29) is 31.6 Å². The maximum absolute atomic E-state index is 13.1. The van der Waals surface area contributed by atoms with E-state index in [0.717, 1.165) is 27.8 Å². The van der Waals surface area contributed by atoms with Crippen molar-refractivity contribution in [1.82, 2.24) is 10.6 Å². The summed E-state index contributed by atoms with van der Waals surface area (Å²) in [6.45, 7) is 2.33. The molecule has 3 N–H and O–H groups in total. The molecule has 8 nitrogen and oxygen atoms in total. The molecule has 5 rings (SSSR count). The van der Waals surface area contributed by atoms with Gasteiger partial charge in [-0.15, -0.1) is 0 Å². The van der Waals surface area contributed by atoms with Crippen LogP contribution in [0.3, 0.4) is 0 Å². The number of carbonyl (C=O) groups excluding carboxylic acids is 2. The van der Waals surface area contributed by atoms with Crippen molar-refractivity contribution in [3.05, 3.63) is 95.6 Å². The van der Waals surface area contributed by atoms with Gasteiger partial charge in [-0.05, 0) is 47.1 Å². The van der Waals surface area contributed by atoms with Crippen LogP contribution < -0.4 is 10.6 Å². The maximum atomic E-state index is 13.1. The second-order valence-corrected chi connectivity index (χ2v) is 10.1. The van der Waals surface area contributed by atoms with Crippen molar-refractivity contribution in [3.63, 3.8) is 0 Å². The Bertz CT molecular complexity index is 1300. The molecule has 0 spiro atoms. The van der Waals surface area contributed by atoms with Crippen LogP contribution in [0.25, 0.3) is 11.1 Å². The van der Waals surface area contributed by atoms with E-state index in [0.29, 0.717) is 6.42 Å². The Kier molecular flexibility index (Phi) is 7.93. The third kappa shape index (κ3) is 6.12. The van der Waals surface area contributed by atoms with Crippen LogP contribution in [0, 0.1) is 11.8 Å². The quantitative estimate of drug-likeness (QED) is 0.341. The van der Waals surface area contributed by atoms with Crippen LogP contribution in [0.5, 0.6) is 0 Å². The van der Waals surface area contributed by atoms with Crippen molar-refractivity contribution in [2.45, 2.75) is 38.0 Å². The molecule has 1 saturated carbocycles. The van der Waals surface area contributed by atoms with Gasteiger partial charge >= 0.3 is 12.1 Å². The summed E-state index contributed by atoms with van der Waals surface area (Å²) in [5, 5.41) is 14.6. The fraction of sp³-hybridized carbons (Fsp3) is 0.323. The number of carbonyl (C=O) groups is 3. The van der Waals surface area contributed by atoms with Gasteiger partial charge < -0.3 is 25.2 Å². The lowest BCUT2D eigenvalue weighted by molar-refractivity contribution is -0.139. The Morgan fingerprint density at radius 2 is 1.54 bits per heavy atom. The van der Waals surface area contributed by atoms with Crippen LogP contribution in [0.15, 0.2) is 78.9 Å². The van der Waals surface area contributed by atoms with Crippen molar-refractivity contribution in [2.24, 2.45) is 11.8 Å². The van der Waals surface area contributed by atoms with Gasteiger partial charge in [0.15, 0.2) is 0 Å². The Morgan fingerprint density at radius 1 is 0.923 bits per heavy atom. The molecule has 39 heavy (non-hydrogen) atoms. The number of hydrogen-bond acceptors (Lipinski definition) is 5. The monoisotopic (exact) mass is 528 g/mol. The molecule has 2 amide bonds. The largest absolute Gasteiger partial charge is 0.481 e. The normalized spacial score (nSPS) is 18.8. The van der Waals surface area contributed by atoms with Gasteiger partial charge in [-0.1, -0.05) is 78.9 Å². The summed E-state index contributed by atoms with van der Waals surface area (Å²) in [6, 6.07) is 24.7. The topological polar surface area (TPSA) is 114 Å². The average molecular weight is 529 g/mol. The van der Waals surface area contributed by atoms with Gasteiger partial charge in [0.25, 0.3) is 0 Å². The molecule has 0 saturated heterocycles. The van der Waals surface area contributed by atoms with E-state index in [2.05, 4.69) is 22.8 Å². The van der Waals surface area contributed by atoms with Gasteiger partial charge in [-0.3, -0.25) is 9.59 Å². The highest BCUT2D eigenvalue weighted by Gasteiger charge is 2.43. The smallest absolute Gasteiger partial charge is 0.407 e. The lowest BCUT2D eigenvalue weighted by Crippen LogP contribution is -2.53. The standard InChI is InChI=1S/C31H32N2O6/c1-19(38-17-20-9-3-2-4-10-20)28(29(34)32-16-21-15-26(21)30(35)36)33-31(37)39-18-27-24-13-7-5-11-22(24)23-12-6-8-14-25(23)27/h2-14,19,21,26-28H,15-18H2,1H3,(H,32,34)(H,33,37)(H,35,36)/t19?,21-,26-,28?/m0/s1. The highest BCUT2D eigenvalue weighted by Crippen LogP contribution is 2.44. The number of rotatable bonds is 11. The fourth-order valence-corrected chi connectivity index (χ4v) is 5.18. The molecule has 202 valence electrons. The molecular weight excluding hydrogens is 496 g/mol. The summed E-state index contributed by atoms with van der Waals surface area (Å²) in [4.78, 5) is 37.2. The molecule has 3 aromatic rings. The SMILES string of the molecule is CC(OCc1ccccc1)C(NC(=O)OCC1c2ccccc2-c2ccccc21)C(=O)NC[C@@H]1C[C@@H]1C(=O)O. The molecule has 4 atom stereocenters. The zero-order valence-corrected chi connectivity index (χ0v) is 21.7. The van der Waals surface area contributed by atoms with Crippen molar-refractivity contribution >= 4 is 18.0 Å². The first-order valence-corrected chi connectivity index (χ1v) is 13.2. The molecule has 0 radical (unpaired) electrons. The first-order chi connectivity index (χ1) is 18.9. The summed E-state index contributed by atoms with van der Waals surface area (Å²) in [6.07, 6.45) is -0.859. The molecule has 0 aromatic heterocycles. The Hall–Kier alpha value is -4.17. The van der Waals surface area contributed by atoms with Crippen LogP contribution in [0.4, 0.5) is 4.79 Å². The highest BCUT2D eigenvalue weighted by molar-refractivity contribution is 5.86. The molecular formula is C31H32N2O6. The summed E-state index contributed by atoms with van der Waals surface area (Å²) in [5.41, 5.74) is 5.38. The van der Waals surface area contributed by atoms with E-state index in [4.69, 9.17) is 14.6 Å². The molecule has 3 aromatic carbocycles. The van der Waals surface area contributed by atoms with E-state index >= 15 is 0 Å². The van der Waals surface area contributed by atoms with Crippen LogP contribution >= 0.6 is 0 Å². The number of amides is 2. The summed E-state index contributed by atoms with van der Waals surface area (Å²) >= 11 is 0. The fourth-order valence-electron chi connectivity index (χ4n) is 5.18. The van der Waals surface area contributed by atoms with E-state index in [1.807, 2.05) is 66.7 Å². The third-order valence-electron chi connectivity index (χ3n) is 7.50. The average Bonchev–Trinajstić information content (AvgIpc) is 3.68. The lowest BCUT2D eigenvalue weighted by atomic mass is 9.98. The number of alkyl carbamates (subject to hydrolysis) is 1. The molecule has 8 heteroatoms. The minimum absolute atomic E-state index is 0.106. The van der Waals surface area contributed by atoms with Gasteiger partial charge in [-0.25, -0.2) is 4.79 Å². The van der Waals surface area contributed by atoms with Crippen LogP contribution in [-0.2, 0) is 25.7 Å². The molecule has 2 unspecified atom stereocenters. The molecule has 0 heterocycles. The number of benzene rings is 3. The highest BCUT2D eigenvalue weighted by atomic mass is 16.5. The Labute approximate surface area is 227 Å². The summed E-state index contributed by atoms with van der Waals surface area (Å²) < 4.78 is 11.6. The zero-order chi connectivity index (χ0) is 27.4. The van der Waals surface area contributed by atoms with Crippen molar-refractivity contribution in [3.8, 4) is 11.1 Å². The number of carboxylic acids is 1. The van der Waals surface area contributed by atoms with E-state index in [1.165, 1.54) is 0 Å². The van der Waals surface area contributed by atoms with Crippen molar-refractivity contribution < 1.29 is 29.0 Å². The van der Waals surface area contributed by atoms with Crippen molar-refractivity contribution in [1.29, 1.82) is 0 Å². The van der Waals surface area contributed by atoms with E-state index in [1.54, 1.807) is 6.92 Å². The van der Waals surface area contributed by atoms with Gasteiger partial charge in [0.05, 0.1) is 18.6 Å². The first kappa shape index (κ1) is 26.4. The molecule has 0 aliphatic heterocycles. The molecule has 1 fully saturated rings. The number of fused-ring (bicyclic) bond motifs is 3. The van der Waals surface area contributed by atoms with Crippen LogP contribution in [0.2, 0.25) is 0 Å². The predicted octanol–water partition coefficient (Wildman–Crippen LogP) is 4.34. The zero-order valence-electron chi connectivity index (χ0n) is 21.7. The number of carboxylic acid groups (broad SMARTS) is 1. The van der Waals surface area contributed by atoms with Crippen LogP contribution in [-0.4, -0.2) is 48.4 Å². The third-order valence-corrected chi connectivity index (χ3v) is 7.50. The number of ether oxygens (including phenoxy) is 2. The Morgan fingerprint density at radius 3 is 2.15 bits per heavy atom.